The molecule has 25 heavy (non-hydrogen) atoms. The van der Waals surface area contributed by atoms with Gasteiger partial charge in [0.05, 0.1) is 12.8 Å². The molecule has 0 fully saturated rings. The number of para-hydroxylation sites is 1. The molecule has 1 N–H and O–H groups in total. The molecule has 2 aromatic rings. The minimum atomic E-state index is -0.319. The van der Waals surface area contributed by atoms with Gasteiger partial charge in [-0.05, 0) is 42.7 Å². The number of carbonyl (C=O) groups is 1. The molecule has 0 aliphatic heterocycles. The third-order valence-corrected chi connectivity index (χ3v) is 3.51. The molecule has 0 atom stereocenters. The summed E-state index contributed by atoms with van der Waals surface area (Å²) in [5.74, 6) is 1.49. The Bertz CT molecular complexity index is 726. The normalized spacial score (nSPS) is 10.9. The molecule has 0 heterocycles. The summed E-state index contributed by atoms with van der Waals surface area (Å²) in [7, 11) is 0. The summed E-state index contributed by atoms with van der Waals surface area (Å²) in [6.07, 6.45) is 1.56. The van der Waals surface area contributed by atoms with Crippen LogP contribution < -0.4 is 14.9 Å². The fourth-order valence-corrected chi connectivity index (χ4v) is 2.19. The van der Waals surface area contributed by atoms with Crippen LogP contribution in [0.25, 0.3) is 0 Å². The Labute approximate surface area is 148 Å². The number of rotatable bonds is 8. The summed E-state index contributed by atoms with van der Waals surface area (Å²) in [5.41, 5.74) is 4.43. The molecule has 5 heteroatoms. The lowest BCUT2D eigenvalue weighted by atomic mass is 10.0. The lowest BCUT2D eigenvalue weighted by Crippen LogP contribution is -2.24. The fraction of sp³-hybridized carbons (Fsp3) is 0.300. The molecular formula is C20H24N2O3. The van der Waals surface area contributed by atoms with Crippen LogP contribution in [-0.2, 0) is 4.79 Å². The molecule has 0 aliphatic rings. The van der Waals surface area contributed by atoms with Crippen LogP contribution in [-0.4, -0.2) is 25.3 Å². The number of nitrogens with one attached hydrogen (secondary N) is 1. The fourth-order valence-electron chi connectivity index (χ4n) is 2.19. The first-order valence-electron chi connectivity index (χ1n) is 8.36. The van der Waals surface area contributed by atoms with Crippen LogP contribution in [0, 0.1) is 0 Å². The van der Waals surface area contributed by atoms with Crippen LogP contribution >= 0.6 is 0 Å². The van der Waals surface area contributed by atoms with Crippen molar-refractivity contribution in [1.29, 1.82) is 0 Å². The summed E-state index contributed by atoms with van der Waals surface area (Å²) < 4.78 is 11.0. The third kappa shape index (κ3) is 5.95. The van der Waals surface area contributed by atoms with Crippen molar-refractivity contribution in [1.82, 2.24) is 5.43 Å². The number of carbonyl (C=O) groups excluding carboxylic acids is 1. The van der Waals surface area contributed by atoms with Crippen LogP contribution in [0.2, 0.25) is 0 Å². The second kappa shape index (κ2) is 9.47. The molecule has 2 rings (SSSR count). The van der Waals surface area contributed by atoms with Gasteiger partial charge in [0.15, 0.2) is 6.61 Å². The number of benzene rings is 2. The lowest BCUT2D eigenvalue weighted by molar-refractivity contribution is -0.123. The van der Waals surface area contributed by atoms with Gasteiger partial charge in [-0.2, -0.15) is 5.10 Å². The van der Waals surface area contributed by atoms with Crippen molar-refractivity contribution in [2.24, 2.45) is 5.10 Å². The van der Waals surface area contributed by atoms with Crippen LogP contribution in [0.15, 0.2) is 53.6 Å². The van der Waals surface area contributed by atoms with E-state index in [4.69, 9.17) is 9.47 Å². The molecule has 0 radical (unpaired) electrons. The van der Waals surface area contributed by atoms with Crippen LogP contribution in [0.4, 0.5) is 0 Å². The van der Waals surface area contributed by atoms with E-state index in [9.17, 15) is 4.79 Å². The van der Waals surface area contributed by atoms with Gasteiger partial charge in [0, 0.05) is 5.56 Å². The highest BCUT2D eigenvalue weighted by Gasteiger charge is 2.04. The number of ether oxygens (including phenoxy) is 2. The summed E-state index contributed by atoms with van der Waals surface area (Å²) in [6.45, 7) is 6.62. The zero-order valence-electron chi connectivity index (χ0n) is 14.9. The highest BCUT2D eigenvalue weighted by Crippen LogP contribution is 2.20. The Balaban J connectivity index is 1.86. The smallest absolute Gasteiger partial charge is 0.277 e. The molecule has 5 nitrogen and oxygen atoms in total. The zero-order chi connectivity index (χ0) is 18.1. The second-order valence-corrected chi connectivity index (χ2v) is 5.78. The van der Waals surface area contributed by atoms with E-state index < -0.39 is 0 Å². The van der Waals surface area contributed by atoms with Gasteiger partial charge < -0.3 is 9.47 Å². The van der Waals surface area contributed by atoms with Crippen molar-refractivity contribution in [3.63, 3.8) is 0 Å². The molecule has 132 valence electrons. The van der Waals surface area contributed by atoms with E-state index in [0.717, 1.165) is 11.3 Å². The summed E-state index contributed by atoms with van der Waals surface area (Å²) >= 11 is 0. The average Bonchev–Trinajstić information content (AvgIpc) is 2.62. The van der Waals surface area contributed by atoms with Gasteiger partial charge in [-0.1, -0.05) is 38.1 Å². The first kappa shape index (κ1) is 18.5. The maximum Gasteiger partial charge on any atom is 0.277 e. The number of hydrogen-bond donors (Lipinski definition) is 1. The molecule has 1 amide bonds. The maximum atomic E-state index is 11.9. The lowest BCUT2D eigenvalue weighted by Gasteiger charge is -2.09. The molecule has 0 bridgehead atoms. The second-order valence-electron chi connectivity index (χ2n) is 5.78. The highest BCUT2D eigenvalue weighted by atomic mass is 16.5. The van der Waals surface area contributed by atoms with Crippen LogP contribution in [0.1, 0.15) is 37.8 Å². The molecule has 0 aromatic heterocycles. The maximum absolute atomic E-state index is 11.9. The molecule has 2 aromatic carbocycles. The molecule has 0 saturated carbocycles. The zero-order valence-corrected chi connectivity index (χ0v) is 14.9. The minimum Gasteiger partial charge on any atom is -0.493 e. The molecule has 0 saturated heterocycles. The van der Waals surface area contributed by atoms with Gasteiger partial charge in [0.25, 0.3) is 5.91 Å². The largest absolute Gasteiger partial charge is 0.493 e. The SMILES string of the molecule is CCOc1ccccc1/C=N/NC(=O)COc1cccc(C(C)C)c1. The van der Waals surface area contributed by atoms with Gasteiger partial charge in [-0.25, -0.2) is 5.43 Å². The number of hydrogen-bond acceptors (Lipinski definition) is 4. The van der Waals surface area contributed by atoms with Gasteiger partial charge in [0.2, 0.25) is 0 Å². The van der Waals surface area contributed by atoms with E-state index in [2.05, 4.69) is 24.4 Å². The third-order valence-electron chi connectivity index (χ3n) is 3.51. The molecule has 0 aliphatic carbocycles. The van der Waals surface area contributed by atoms with Crippen molar-refractivity contribution in [2.45, 2.75) is 26.7 Å². The minimum absolute atomic E-state index is 0.0913. The number of amides is 1. The van der Waals surface area contributed by atoms with Crippen LogP contribution in [0.5, 0.6) is 11.5 Å². The Hall–Kier alpha value is -2.82. The monoisotopic (exact) mass is 340 g/mol. The van der Waals surface area contributed by atoms with E-state index in [1.807, 2.05) is 55.5 Å². The van der Waals surface area contributed by atoms with E-state index in [1.54, 1.807) is 6.21 Å². The van der Waals surface area contributed by atoms with Crippen LogP contribution in [0.3, 0.4) is 0 Å². The first-order valence-corrected chi connectivity index (χ1v) is 8.36. The first-order chi connectivity index (χ1) is 12.1. The standard InChI is InChI=1S/C20H24N2O3/c1-4-24-19-11-6-5-8-17(19)13-21-22-20(23)14-25-18-10-7-9-16(12-18)15(2)3/h5-13,15H,4,14H2,1-3H3,(H,22,23)/b21-13+. The van der Waals surface area contributed by atoms with E-state index in [-0.39, 0.29) is 12.5 Å². The van der Waals surface area contributed by atoms with Crippen molar-refractivity contribution < 1.29 is 14.3 Å². The Morgan fingerprint density at radius 3 is 2.72 bits per heavy atom. The highest BCUT2D eigenvalue weighted by molar-refractivity contribution is 5.85. The Morgan fingerprint density at radius 2 is 1.96 bits per heavy atom. The van der Waals surface area contributed by atoms with Crippen molar-refractivity contribution in [3.8, 4) is 11.5 Å². The van der Waals surface area contributed by atoms with Gasteiger partial charge >= 0.3 is 0 Å². The molecule has 0 unspecified atom stereocenters. The van der Waals surface area contributed by atoms with E-state index in [1.165, 1.54) is 5.56 Å². The van der Waals surface area contributed by atoms with Crippen molar-refractivity contribution >= 4 is 12.1 Å². The summed E-state index contributed by atoms with van der Waals surface area (Å²) in [4.78, 5) is 11.9. The predicted molar refractivity (Wildman–Crippen MR) is 99.4 cm³/mol. The Morgan fingerprint density at radius 1 is 1.16 bits per heavy atom. The topological polar surface area (TPSA) is 59.9 Å². The Kier molecular flexibility index (Phi) is 7.01. The number of hydrazone groups is 1. The van der Waals surface area contributed by atoms with Crippen molar-refractivity contribution in [3.05, 3.63) is 59.7 Å². The van der Waals surface area contributed by atoms with Crippen molar-refractivity contribution in [2.75, 3.05) is 13.2 Å². The molecule has 0 spiro atoms. The van der Waals surface area contributed by atoms with E-state index in [0.29, 0.717) is 18.3 Å². The van der Waals surface area contributed by atoms with E-state index >= 15 is 0 Å². The predicted octanol–water partition coefficient (Wildman–Crippen LogP) is 3.74. The molecular weight excluding hydrogens is 316 g/mol. The summed E-state index contributed by atoms with van der Waals surface area (Å²) in [6, 6.07) is 15.2. The van der Waals surface area contributed by atoms with Gasteiger partial charge in [-0.15, -0.1) is 0 Å². The number of nitrogens with zero attached hydrogens (tertiary/aromatic N) is 1. The van der Waals surface area contributed by atoms with Gasteiger partial charge in [-0.3, -0.25) is 4.79 Å². The summed E-state index contributed by atoms with van der Waals surface area (Å²) in [5, 5.41) is 3.96. The quantitative estimate of drug-likeness (QED) is 0.588. The average molecular weight is 340 g/mol. The van der Waals surface area contributed by atoms with Gasteiger partial charge in [0.1, 0.15) is 11.5 Å².